The van der Waals surface area contributed by atoms with E-state index >= 15 is 0 Å². The predicted molar refractivity (Wildman–Crippen MR) is 66.2 cm³/mol. The number of piperidine rings is 1. The summed E-state index contributed by atoms with van der Waals surface area (Å²) >= 11 is 0. The molecule has 0 bridgehead atoms. The van der Waals surface area contributed by atoms with Gasteiger partial charge in [-0.05, 0) is 31.4 Å². The lowest BCUT2D eigenvalue weighted by atomic mass is 9.94. The van der Waals surface area contributed by atoms with Crippen LogP contribution in [0.2, 0.25) is 0 Å². The minimum atomic E-state index is 0.560. The Bertz CT molecular complexity index is 380. The standard InChI is InChI=1S/C12H19N5/c13-11-3-5-15-12(16-11)8-17-6-9-2-1-4-14-10(9)7-17/h3,5,9-10,14H,1-2,4,6-8H2,(H2,13,15,16)/t9-,10+/m0/s1. The fourth-order valence-corrected chi connectivity index (χ4v) is 2.96. The summed E-state index contributed by atoms with van der Waals surface area (Å²) < 4.78 is 0. The molecule has 0 radical (unpaired) electrons. The summed E-state index contributed by atoms with van der Waals surface area (Å²) in [6.45, 7) is 4.27. The molecule has 2 saturated heterocycles. The quantitative estimate of drug-likeness (QED) is 0.766. The number of hydrogen-bond donors (Lipinski definition) is 2. The van der Waals surface area contributed by atoms with E-state index in [2.05, 4.69) is 20.2 Å². The first kappa shape index (κ1) is 10.9. The first-order valence-electron chi connectivity index (χ1n) is 6.34. The molecule has 3 rings (SSSR count). The molecular formula is C12H19N5. The summed E-state index contributed by atoms with van der Waals surface area (Å²) in [5.74, 6) is 2.21. The van der Waals surface area contributed by atoms with Crippen LogP contribution in [0, 0.1) is 5.92 Å². The van der Waals surface area contributed by atoms with Gasteiger partial charge in [0.05, 0.1) is 6.54 Å². The van der Waals surface area contributed by atoms with E-state index in [1.807, 2.05) is 0 Å². The third kappa shape index (κ3) is 2.40. The maximum absolute atomic E-state index is 5.67. The van der Waals surface area contributed by atoms with Gasteiger partial charge in [-0.2, -0.15) is 0 Å². The van der Waals surface area contributed by atoms with Gasteiger partial charge >= 0.3 is 0 Å². The summed E-state index contributed by atoms with van der Waals surface area (Å²) in [5, 5.41) is 3.60. The normalized spacial score (nSPS) is 29.2. The average Bonchev–Trinajstić information content (AvgIpc) is 2.71. The van der Waals surface area contributed by atoms with Gasteiger partial charge in [0.25, 0.3) is 0 Å². The van der Waals surface area contributed by atoms with Crippen LogP contribution in [0.1, 0.15) is 18.7 Å². The third-order valence-corrected chi connectivity index (χ3v) is 3.77. The summed E-state index contributed by atoms with van der Waals surface area (Å²) in [6.07, 6.45) is 4.40. The number of hydrogen-bond acceptors (Lipinski definition) is 5. The van der Waals surface area contributed by atoms with Crippen molar-refractivity contribution in [2.45, 2.75) is 25.4 Å². The first-order valence-corrected chi connectivity index (χ1v) is 6.34. The lowest BCUT2D eigenvalue weighted by Gasteiger charge is -2.24. The monoisotopic (exact) mass is 233 g/mol. The second-order valence-electron chi connectivity index (χ2n) is 5.05. The number of aromatic nitrogens is 2. The number of likely N-dealkylation sites (tertiary alicyclic amines) is 1. The maximum Gasteiger partial charge on any atom is 0.144 e. The molecule has 5 nitrogen and oxygen atoms in total. The SMILES string of the molecule is Nc1ccnc(CN2C[C@@H]3CCCN[C@@H]3C2)n1. The van der Waals surface area contributed by atoms with Crippen LogP contribution in [0.15, 0.2) is 12.3 Å². The third-order valence-electron chi connectivity index (χ3n) is 3.77. The number of nitrogens with one attached hydrogen (secondary N) is 1. The van der Waals surface area contributed by atoms with E-state index in [1.54, 1.807) is 12.3 Å². The highest BCUT2D eigenvalue weighted by Gasteiger charge is 2.34. The summed E-state index contributed by atoms with van der Waals surface area (Å²) in [7, 11) is 0. The Kier molecular flexibility index (Phi) is 2.94. The van der Waals surface area contributed by atoms with Gasteiger partial charge in [0.15, 0.2) is 0 Å². The zero-order chi connectivity index (χ0) is 11.7. The predicted octanol–water partition coefficient (Wildman–Crippen LogP) is 0.243. The molecule has 0 spiro atoms. The molecule has 0 amide bonds. The zero-order valence-electron chi connectivity index (χ0n) is 9.97. The van der Waals surface area contributed by atoms with Crippen LogP contribution in [0.5, 0.6) is 0 Å². The number of nitrogens with zero attached hydrogens (tertiary/aromatic N) is 3. The molecule has 2 atom stereocenters. The Balaban J connectivity index is 1.63. The highest BCUT2D eigenvalue weighted by atomic mass is 15.2. The Morgan fingerprint density at radius 2 is 2.41 bits per heavy atom. The largest absolute Gasteiger partial charge is 0.384 e. The van der Waals surface area contributed by atoms with E-state index in [1.165, 1.54) is 19.4 Å². The molecule has 5 heteroatoms. The van der Waals surface area contributed by atoms with Crippen molar-refractivity contribution in [2.24, 2.45) is 5.92 Å². The van der Waals surface area contributed by atoms with Crippen molar-refractivity contribution in [1.82, 2.24) is 20.2 Å². The molecule has 92 valence electrons. The van der Waals surface area contributed by atoms with Crippen LogP contribution in [0.4, 0.5) is 5.82 Å². The molecular weight excluding hydrogens is 214 g/mol. The van der Waals surface area contributed by atoms with Crippen molar-refractivity contribution >= 4 is 5.82 Å². The van der Waals surface area contributed by atoms with Gasteiger partial charge < -0.3 is 11.1 Å². The van der Waals surface area contributed by atoms with Crippen molar-refractivity contribution in [3.05, 3.63) is 18.1 Å². The van der Waals surface area contributed by atoms with Crippen molar-refractivity contribution in [1.29, 1.82) is 0 Å². The molecule has 3 N–H and O–H groups in total. The van der Waals surface area contributed by atoms with Crippen molar-refractivity contribution in [2.75, 3.05) is 25.4 Å². The van der Waals surface area contributed by atoms with Gasteiger partial charge in [0, 0.05) is 25.3 Å². The average molecular weight is 233 g/mol. The fraction of sp³-hybridized carbons (Fsp3) is 0.667. The minimum absolute atomic E-state index is 0.560. The van der Waals surface area contributed by atoms with Crippen LogP contribution >= 0.6 is 0 Å². The van der Waals surface area contributed by atoms with Crippen LogP contribution in [0.3, 0.4) is 0 Å². The molecule has 0 aliphatic carbocycles. The molecule has 1 aromatic heterocycles. The molecule has 3 heterocycles. The molecule has 0 unspecified atom stereocenters. The summed E-state index contributed by atoms with van der Waals surface area (Å²) in [6, 6.07) is 2.40. The number of nitrogens with two attached hydrogens (primary N) is 1. The number of rotatable bonds is 2. The molecule has 2 aliphatic rings. The van der Waals surface area contributed by atoms with Gasteiger partial charge in [-0.1, -0.05) is 0 Å². The Morgan fingerprint density at radius 3 is 3.24 bits per heavy atom. The van der Waals surface area contributed by atoms with Crippen molar-refractivity contribution in [3.8, 4) is 0 Å². The van der Waals surface area contributed by atoms with Gasteiger partial charge in [0.1, 0.15) is 11.6 Å². The second-order valence-corrected chi connectivity index (χ2v) is 5.05. The lowest BCUT2D eigenvalue weighted by Crippen LogP contribution is -2.40. The molecule has 1 aromatic rings. The van der Waals surface area contributed by atoms with Crippen molar-refractivity contribution in [3.63, 3.8) is 0 Å². The van der Waals surface area contributed by atoms with Crippen molar-refractivity contribution < 1.29 is 0 Å². The molecule has 0 aromatic carbocycles. The Hall–Kier alpha value is -1.20. The van der Waals surface area contributed by atoms with E-state index in [-0.39, 0.29) is 0 Å². The van der Waals surface area contributed by atoms with Gasteiger partial charge in [-0.25, -0.2) is 9.97 Å². The van der Waals surface area contributed by atoms with Gasteiger partial charge in [-0.3, -0.25) is 4.90 Å². The van der Waals surface area contributed by atoms with Gasteiger partial charge in [0.2, 0.25) is 0 Å². The van der Waals surface area contributed by atoms with E-state index < -0.39 is 0 Å². The fourth-order valence-electron chi connectivity index (χ4n) is 2.96. The number of nitrogen functional groups attached to an aromatic ring is 1. The molecule has 0 saturated carbocycles. The van der Waals surface area contributed by atoms with E-state index in [4.69, 9.17) is 5.73 Å². The Morgan fingerprint density at radius 1 is 1.47 bits per heavy atom. The zero-order valence-corrected chi connectivity index (χ0v) is 9.97. The van der Waals surface area contributed by atoms with E-state index in [0.717, 1.165) is 31.4 Å². The molecule has 2 fully saturated rings. The molecule has 2 aliphatic heterocycles. The summed E-state index contributed by atoms with van der Waals surface area (Å²) in [5.41, 5.74) is 5.67. The maximum atomic E-state index is 5.67. The smallest absolute Gasteiger partial charge is 0.144 e. The highest BCUT2D eigenvalue weighted by Crippen LogP contribution is 2.25. The second kappa shape index (κ2) is 4.58. The van der Waals surface area contributed by atoms with Crippen LogP contribution in [-0.2, 0) is 6.54 Å². The van der Waals surface area contributed by atoms with Crippen LogP contribution in [0.25, 0.3) is 0 Å². The minimum Gasteiger partial charge on any atom is -0.384 e. The van der Waals surface area contributed by atoms with Crippen LogP contribution in [-0.4, -0.2) is 40.5 Å². The number of fused-ring (bicyclic) bond motifs is 1. The van der Waals surface area contributed by atoms with Gasteiger partial charge in [-0.15, -0.1) is 0 Å². The summed E-state index contributed by atoms with van der Waals surface area (Å²) in [4.78, 5) is 11.0. The van der Waals surface area contributed by atoms with E-state index in [9.17, 15) is 0 Å². The number of anilines is 1. The highest BCUT2D eigenvalue weighted by molar-refractivity contribution is 5.25. The lowest BCUT2D eigenvalue weighted by molar-refractivity contribution is 0.305. The van der Waals surface area contributed by atoms with E-state index in [0.29, 0.717) is 11.9 Å². The molecule has 17 heavy (non-hydrogen) atoms. The Labute approximate surface area is 101 Å². The van der Waals surface area contributed by atoms with Crippen LogP contribution < -0.4 is 11.1 Å². The first-order chi connectivity index (χ1) is 8.31. The topological polar surface area (TPSA) is 67.1 Å².